The number of esters is 1. The Labute approximate surface area is 184 Å². The molecule has 0 amide bonds. The third-order valence-corrected chi connectivity index (χ3v) is 5.80. The highest BCUT2D eigenvalue weighted by Gasteiger charge is 2.12. The Balaban J connectivity index is 1.31. The largest absolute Gasteiger partial charge is 0.489 e. The number of ether oxygens (including phenoxy) is 2. The van der Waals surface area contributed by atoms with Gasteiger partial charge in [-0.05, 0) is 45.0 Å². The van der Waals surface area contributed by atoms with Crippen LogP contribution in [0.5, 0.6) is 5.75 Å². The molecule has 0 fully saturated rings. The highest BCUT2D eigenvalue weighted by molar-refractivity contribution is 7.13. The second-order valence-corrected chi connectivity index (χ2v) is 8.06. The highest BCUT2D eigenvalue weighted by atomic mass is 32.1. The normalized spacial score (nSPS) is 10.8. The standard InChI is InChI=1S/C24H22N2O4S/c1-15-4-6-18(7-5-15)23-25-20(14-31-23)12-29-24(27)19-8-10-21(11-9-19)28-13-22-16(2)26-30-17(22)3/h4-11,14H,12-13H2,1-3H3. The van der Waals surface area contributed by atoms with Gasteiger partial charge in [-0.2, -0.15) is 0 Å². The Morgan fingerprint density at radius 1 is 1.00 bits per heavy atom. The smallest absolute Gasteiger partial charge is 0.338 e. The summed E-state index contributed by atoms with van der Waals surface area (Å²) in [5.74, 6) is 0.992. The van der Waals surface area contributed by atoms with Crippen LogP contribution in [0.15, 0.2) is 58.4 Å². The number of aryl methyl sites for hydroxylation is 3. The lowest BCUT2D eigenvalue weighted by atomic mass is 10.2. The first-order valence-electron chi connectivity index (χ1n) is 9.83. The van der Waals surface area contributed by atoms with Gasteiger partial charge in [-0.25, -0.2) is 9.78 Å². The summed E-state index contributed by atoms with van der Waals surface area (Å²) in [6, 6.07) is 15.0. The van der Waals surface area contributed by atoms with Gasteiger partial charge in [-0.15, -0.1) is 11.3 Å². The number of carbonyl (C=O) groups excluding carboxylic acids is 1. The predicted molar refractivity (Wildman–Crippen MR) is 118 cm³/mol. The van der Waals surface area contributed by atoms with Crippen molar-refractivity contribution in [2.24, 2.45) is 0 Å². The van der Waals surface area contributed by atoms with Crippen LogP contribution in [0.1, 0.15) is 38.6 Å². The summed E-state index contributed by atoms with van der Waals surface area (Å²) < 4.78 is 16.3. The van der Waals surface area contributed by atoms with Crippen LogP contribution in [0.3, 0.4) is 0 Å². The van der Waals surface area contributed by atoms with E-state index in [1.54, 1.807) is 24.3 Å². The number of nitrogens with zero attached hydrogens (tertiary/aromatic N) is 2. The molecule has 2 aromatic heterocycles. The van der Waals surface area contributed by atoms with Crippen molar-refractivity contribution >= 4 is 17.3 Å². The summed E-state index contributed by atoms with van der Waals surface area (Å²) in [4.78, 5) is 16.9. The Bertz CT molecular complexity index is 1160. The van der Waals surface area contributed by atoms with Gasteiger partial charge in [0.2, 0.25) is 0 Å². The van der Waals surface area contributed by atoms with Gasteiger partial charge < -0.3 is 14.0 Å². The molecule has 158 valence electrons. The Hall–Kier alpha value is -3.45. The lowest BCUT2D eigenvalue weighted by molar-refractivity contribution is 0.0468. The van der Waals surface area contributed by atoms with Gasteiger partial charge in [0.25, 0.3) is 0 Å². The topological polar surface area (TPSA) is 74.5 Å². The van der Waals surface area contributed by atoms with Crippen LogP contribution < -0.4 is 4.74 Å². The molecule has 0 aliphatic rings. The van der Waals surface area contributed by atoms with Gasteiger partial charge in [0.05, 0.1) is 22.5 Å². The molecule has 6 nitrogen and oxygen atoms in total. The molecule has 7 heteroatoms. The first kappa shape index (κ1) is 20.8. The van der Waals surface area contributed by atoms with Gasteiger partial charge in [-0.3, -0.25) is 0 Å². The lowest BCUT2D eigenvalue weighted by Crippen LogP contribution is -2.05. The molecule has 0 bridgehead atoms. The molecule has 0 saturated heterocycles. The number of hydrogen-bond acceptors (Lipinski definition) is 7. The van der Waals surface area contributed by atoms with Crippen molar-refractivity contribution in [1.82, 2.24) is 10.1 Å². The number of aromatic nitrogens is 2. The molecule has 4 aromatic rings. The van der Waals surface area contributed by atoms with Crippen molar-refractivity contribution in [2.75, 3.05) is 0 Å². The third kappa shape index (κ3) is 5.00. The van der Waals surface area contributed by atoms with Crippen molar-refractivity contribution in [3.63, 3.8) is 0 Å². The number of thiazole rings is 1. The van der Waals surface area contributed by atoms with Crippen LogP contribution >= 0.6 is 11.3 Å². The van der Waals surface area contributed by atoms with Crippen LogP contribution in [-0.2, 0) is 18.0 Å². The lowest BCUT2D eigenvalue weighted by Gasteiger charge is -2.07. The highest BCUT2D eigenvalue weighted by Crippen LogP contribution is 2.24. The summed E-state index contributed by atoms with van der Waals surface area (Å²) >= 11 is 1.53. The minimum Gasteiger partial charge on any atom is -0.489 e. The van der Waals surface area contributed by atoms with Crippen molar-refractivity contribution in [1.29, 1.82) is 0 Å². The summed E-state index contributed by atoms with van der Waals surface area (Å²) in [7, 11) is 0. The fraction of sp³-hybridized carbons (Fsp3) is 0.208. The molecule has 0 radical (unpaired) electrons. The van der Waals surface area contributed by atoms with Crippen molar-refractivity contribution < 1.29 is 18.8 Å². The average Bonchev–Trinajstić information content (AvgIpc) is 3.38. The maximum absolute atomic E-state index is 12.4. The van der Waals surface area contributed by atoms with Crippen molar-refractivity contribution in [3.8, 4) is 16.3 Å². The fourth-order valence-electron chi connectivity index (χ4n) is 2.98. The molecule has 31 heavy (non-hydrogen) atoms. The summed E-state index contributed by atoms with van der Waals surface area (Å²) in [6.45, 7) is 6.27. The van der Waals surface area contributed by atoms with Gasteiger partial charge in [0, 0.05) is 10.9 Å². The van der Waals surface area contributed by atoms with Crippen molar-refractivity contribution in [3.05, 3.63) is 87.7 Å². The zero-order valence-corrected chi connectivity index (χ0v) is 18.4. The zero-order valence-electron chi connectivity index (χ0n) is 17.5. The van der Waals surface area contributed by atoms with Gasteiger partial charge in [0.1, 0.15) is 29.7 Å². The van der Waals surface area contributed by atoms with E-state index in [4.69, 9.17) is 14.0 Å². The molecule has 0 aliphatic heterocycles. The van der Waals surface area contributed by atoms with E-state index in [2.05, 4.69) is 22.3 Å². The molecule has 4 rings (SSSR count). The first-order chi connectivity index (χ1) is 15.0. The second kappa shape index (κ2) is 9.14. The Morgan fingerprint density at radius 3 is 2.42 bits per heavy atom. The predicted octanol–water partition coefficient (Wildman–Crippen LogP) is 5.66. The van der Waals surface area contributed by atoms with Crippen molar-refractivity contribution in [2.45, 2.75) is 34.0 Å². The number of benzene rings is 2. The Kier molecular flexibility index (Phi) is 6.13. The monoisotopic (exact) mass is 434 g/mol. The molecule has 0 unspecified atom stereocenters. The minimum absolute atomic E-state index is 0.130. The van der Waals surface area contributed by atoms with E-state index in [-0.39, 0.29) is 6.61 Å². The quantitative estimate of drug-likeness (QED) is 0.350. The maximum atomic E-state index is 12.4. The van der Waals surface area contributed by atoms with Gasteiger partial charge in [0.15, 0.2) is 0 Å². The van der Waals surface area contributed by atoms with Crippen LogP contribution in [0.25, 0.3) is 10.6 Å². The molecule has 2 aromatic carbocycles. The van der Waals surface area contributed by atoms with E-state index in [9.17, 15) is 4.79 Å². The summed E-state index contributed by atoms with van der Waals surface area (Å²) in [5.41, 5.74) is 5.18. The SMILES string of the molecule is Cc1ccc(-c2nc(COC(=O)c3ccc(OCc4c(C)noc4C)cc3)cs2)cc1. The van der Waals surface area contributed by atoms with Crippen LogP contribution in [0.4, 0.5) is 0 Å². The molecule has 0 N–H and O–H groups in total. The molecular weight excluding hydrogens is 412 g/mol. The third-order valence-electron chi connectivity index (χ3n) is 4.86. The zero-order chi connectivity index (χ0) is 21.8. The number of rotatable bonds is 7. The minimum atomic E-state index is -0.401. The van der Waals surface area contributed by atoms with E-state index in [1.807, 2.05) is 38.3 Å². The molecule has 0 atom stereocenters. The second-order valence-electron chi connectivity index (χ2n) is 7.20. The van der Waals surface area contributed by atoms with Crippen LogP contribution in [0.2, 0.25) is 0 Å². The summed E-state index contributed by atoms with van der Waals surface area (Å²) in [6.07, 6.45) is 0. The van der Waals surface area contributed by atoms with Crippen LogP contribution in [0, 0.1) is 20.8 Å². The first-order valence-corrected chi connectivity index (χ1v) is 10.7. The van der Waals surface area contributed by atoms with E-state index >= 15 is 0 Å². The average molecular weight is 435 g/mol. The van der Waals surface area contributed by atoms with E-state index < -0.39 is 5.97 Å². The van der Waals surface area contributed by atoms with E-state index in [1.165, 1.54) is 16.9 Å². The number of carbonyl (C=O) groups is 1. The molecule has 0 spiro atoms. The Morgan fingerprint density at radius 2 is 1.74 bits per heavy atom. The molecule has 0 aliphatic carbocycles. The molecule has 2 heterocycles. The van der Waals surface area contributed by atoms with E-state index in [0.717, 1.165) is 33.3 Å². The molecular formula is C24H22N2O4S. The number of hydrogen-bond donors (Lipinski definition) is 0. The van der Waals surface area contributed by atoms with Gasteiger partial charge >= 0.3 is 5.97 Å². The van der Waals surface area contributed by atoms with E-state index in [0.29, 0.717) is 17.9 Å². The summed E-state index contributed by atoms with van der Waals surface area (Å²) in [5, 5.41) is 6.73. The fourth-order valence-corrected chi connectivity index (χ4v) is 3.79. The van der Waals surface area contributed by atoms with Crippen LogP contribution in [-0.4, -0.2) is 16.1 Å². The van der Waals surface area contributed by atoms with Gasteiger partial charge in [-0.1, -0.05) is 35.0 Å². The molecule has 0 saturated carbocycles. The maximum Gasteiger partial charge on any atom is 0.338 e.